The molecule has 138 valence electrons. The molecule has 1 fully saturated rings. The summed E-state index contributed by atoms with van der Waals surface area (Å²) in [6.07, 6.45) is 2.05. The molecule has 0 spiro atoms. The van der Waals surface area contributed by atoms with Crippen molar-refractivity contribution in [3.63, 3.8) is 0 Å². The lowest BCUT2D eigenvalue weighted by molar-refractivity contribution is -0.132. The highest BCUT2D eigenvalue weighted by Crippen LogP contribution is 2.35. The third-order valence-electron chi connectivity index (χ3n) is 4.84. The predicted molar refractivity (Wildman–Crippen MR) is 97.8 cm³/mol. The van der Waals surface area contributed by atoms with Gasteiger partial charge in [-0.15, -0.1) is 0 Å². The fourth-order valence-corrected chi connectivity index (χ4v) is 3.32. The number of unbranched alkanes of at least 4 members (excludes halogenated alkanes) is 1. The Morgan fingerprint density at radius 1 is 1.11 bits per heavy atom. The van der Waals surface area contributed by atoms with Crippen LogP contribution in [0.3, 0.4) is 0 Å². The molecule has 3 rings (SSSR count). The summed E-state index contributed by atoms with van der Waals surface area (Å²) in [6, 6.07) is 14.0. The Labute approximate surface area is 157 Å². The second-order valence-electron chi connectivity index (χ2n) is 6.65. The van der Waals surface area contributed by atoms with Crippen LogP contribution in [0, 0.1) is 17.1 Å². The number of nitrogens with one attached hydrogen (secondary N) is 1. The van der Waals surface area contributed by atoms with Crippen molar-refractivity contribution < 1.29 is 14.0 Å². The van der Waals surface area contributed by atoms with E-state index in [2.05, 4.69) is 5.32 Å². The van der Waals surface area contributed by atoms with Crippen molar-refractivity contribution in [2.45, 2.75) is 38.3 Å². The summed E-state index contributed by atoms with van der Waals surface area (Å²) >= 11 is 0. The molecule has 1 saturated heterocycles. The molecule has 2 aromatic carbocycles. The number of imide groups is 1. The van der Waals surface area contributed by atoms with Gasteiger partial charge in [0, 0.05) is 0 Å². The van der Waals surface area contributed by atoms with Gasteiger partial charge in [-0.05, 0) is 41.8 Å². The smallest absolute Gasteiger partial charge is 0.319 e. The number of amides is 3. The van der Waals surface area contributed by atoms with Crippen molar-refractivity contribution in [2.75, 3.05) is 0 Å². The average Bonchev–Trinajstić information content (AvgIpc) is 2.92. The number of nitrogens with zero attached hydrogens (tertiary/aromatic N) is 2. The Morgan fingerprint density at radius 3 is 2.37 bits per heavy atom. The van der Waals surface area contributed by atoms with Gasteiger partial charge in [0.2, 0.25) is 0 Å². The number of urea groups is 1. The molecule has 0 unspecified atom stereocenters. The van der Waals surface area contributed by atoms with Crippen LogP contribution in [-0.2, 0) is 16.9 Å². The standard InChI is InChI=1S/C21H20FN3O2/c1-2-3-12-21(17-8-10-18(22)11-9-17)19(26)25(20(27)24-21)14-16-6-4-15(13-23)5-7-16/h4-11H,2-3,12,14H2,1H3,(H,24,27)/t21-/m0/s1. The fraction of sp³-hybridized carbons (Fsp3) is 0.286. The lowest BCUT2D eigenvalue weighted by Crippen LogP contribution is -2.44. The van der Waals surface area contributed by atoms with Gasteiger partial charge in [0.1, 0.15) is 11.4 Å². The molecule has 0 aliphatic carbocycles. The zero-order valence-corrected chi connectivity index (χ0v) is 15.0. The first kappa shape index (κ1) is 18.6. The fourth-order valence-electron chi connectivity index (χ4n) is 3.32. The molecule has 0 bridgehead atoms. The second kappa shape index (κ2) is 7.58. The number of rotatable bonds is 6. The van der Waals surface area contributed by atoms with Gasteiger partial charge < -0.3 is 5.32 Å². The molecule has 1 aliphatic heterocycles. The molecule has 1 N–H and O–H groups in total. The van der Waals surface area contributed by atoms with Crippen LogP contribution in [0.15, 0.2) is 48.5 Å². The van der Waals surface area contributed by atoms with Gasteiger partial charge in [0.05, 0.1) is 18.2 Å². The highest BCUT2D eigenvalue weighted by atomic mass is 19.1. The van der Waals surface area contributed by atoms with E-state index in [0.29, 0.717) is 17.5 Å². The molecule has 0 saturated carbocycles. The second-order valence-corrected chi connectivity index (χ2v) is 6.65. The summed E-state index contributed by atoms with van der Waals surface area (Å²) < 4.78 is 13.3. The Hall–Kier alpha value is -3.20. The van der Waals surface area contributed by atoms with Crippen molar-refractivity contribution in [3.05, 3.63) is 71.0 Å². The normalized spacial score (nSPS) is 19.1. The highest BCUT2D eigenvalue weighted by Gasteiger charge is 2.51. The number of nitriles is 1. The highest BCUT2D eigenvalue weighted by molar-refractivity contribution is 6.07. The minimum absolute atomic E-state index is 0.117. The van der Waals surface area contributed by atoms with Crippen molar-refractivity contribution in [1.82, 2.24) is 10.2 Å². The maximum Gasteiger partial charge on any atom is 0.325 e. The molecule has 1 aliphatic rings. The van der Waals surface area contributed by atoms with Crippen molar-refractivity contribution in [3.8, 4) is 6.07 Å². The van der Waals surface area contributed by atoms with Crippen LogP contribution >= 0.6 is 0 Å². The first-order valence-corrected chi connectivity index (χ1v) is 8.89. The van der Waals surface area contributed by atoms with Crippen molar-refractivity contribution in [2.24, 2.45) is 0 Å². The Bertz CT molecular complexity index is 887. The van der Waals surface area contributed by atoms with E-state index in [9.17, 15) is 14.0 Å². The lowest BCUT2D eigenvalue weighted by Gasteiger charge is -2.27. The summed E-state index contributed by atoms with van der Waals surface area (Å²) in [5.74, 6) is -0.729. The Morgan fingerprint density at radius 2 is 1.78 bits per heavy atom. The van der Waals surface area contributed by atoms with Crippen LogP contribution < -0.4 is 5.32 Å². The quantitative estimate of drug-likeness (QED) is 0.791. The molecule has 5 nitrogen and oxygen atoms in total. The summed E-state index contributed by atoms with van der Waals surface area (Å²) in [7, 11) is 0. The van der Waals surface area contributed by atoms with Gasteiger partial charge >= 0.3 is 6.03 Å². The molecule has 1 heterocycles. The van der Waals surface area contributed by atoms with Crippen LogP contribution in [0.1, 0.15) is 42.9 Å². The monoisotopic (exact) mass is 365 g/mol. The minimum atomic E-state index is -1.17. The summed E-state index contributed by atoms with van der Waals surface area (Å²) in [5, 5.41) is 11.7. The third-order valence-corrected chi connectivity index (χ3v) is 4.84. The summed E-state index contributed by atoms with van der Waals surface area (Å²) in [5.41, 5.74) is 0.674. The SMILES string of the molecule is CCCC[C@@]1(c2ccc(F)cc2)NC(=O)N(Cc2ccc(C#N)cc2)C1=O. The molecule has 27 heavy (non-hydrogen) atoms. The molecule has 0 radical (unpaired) electrons. The molecule has 0 aromatic heterocycles. The van der Waals surface area contributed by atoms with Gasteiger partial charge in [-0.25, -0.2) is 9.18 Å². The lowest BCUT2D eigenvalue weighted by atomic mass is 9.84. The number of halogens is 1. The zero-order chi connectivity index (χ0) is 19.4. The first-order chi connectivity index (χ1) is 13.0. The molecule has 6 heteroatoms. The van der Waals surface area contributed by atoms with E-state index >= 15 is 0 Å². The van der Waals surface area contributed by atoms with E-state index in [1.807, 2.05) is 13.0 Å². The maximum atomic E-state index is 13.3. The van der Waals surface area contributed by atoms with E-state index in [1.54, 1.807) is 36.4 Å². The van der Waals surface area contributed by atoms with Crippen LogP contribution in [0.25, 0.3) is 0 Å². The molecule has 1 atom stereocenters. The topological polar surface area (TPSA) is 73.2 Å². The van der Waals surface area contributed by atoms with E-state index in [0.717, 1.165) is 18.4 Å². The van der Waals surface area contributed by atoms with Gasteiger partial charge in [0.15, 0.2) is 0 Å². The van der Waals surface area contributed by atoms with Gasteiger partial charge in [-0.3, -0.25) is 9.69 Å². The van der Waals surface area contributed by atoms with Gasteiger partial charge in [-0.2, -0.15) is 5.26 Å². The van der Waals surface area contributed by atoms with E-state index in [4.69, 9.17) is 5.26 Å². The Balaban J connectivity index is 1.91. The predicted octanol–water partition coefficient (Wildman–Crippen LogP) is 3.83. The zero-order valence-electron chi connectivity index (χ0n) is 15.0. The Kier molecular flexibility index (Phi) is 5.22. The van der Waals surface area contributed by atoms with Gasteiger partial charge in [0.25, 0.3) is 5.91 Å². The van der Waals surface area contributed by atoms with Crippen LogP contribution in [0.5, 0.6) is 0 Å². The van der Waals surface area contributed by atoms with Crippen molar-refractivity contribution in [1.29, 1.82) is 5.26 Å². The number of carbonyl (C=O) groups excluding carboxylic acids is 2. The van der Waals surface area contributed by atoms with Gasteiger partial charge in [-0.1, -0.05) is 44.0 Å². The van der Waals surface area contributed by atoms with E-state index < -0.39 is 17.4 Å². The maximum absolute atomic E-state index is 13.3. The molecule has 3 amide bonds. The molecular weight excluding hydrogens is 345 g/mol. The van der Waals surface area contributed by atoms with Crippen LogP contribution in [-0.4, -0.2) is 16.8 Å². The number of hydrogen-bond donors (Lipinski definition) is 1. The number of hydrogen-bond acceptors (Lipinski definition) is 3. The minimum Gasteiger partial charge on any atom is -0.319 e. The molecule has 2 aromatic rings. The van der Waals surface area contributed by atoms with E-state index in [1.165, 1.54) is 17.0 Å². The largest absolute Gasteiger partial charge is 0.325 e. The number of benzene rings is 2. The van der Waals surface area contributed by atoms with Crippen LogP contribution in [0.4, 0.5) is 9.18 Å². The summed E-state index contributed by atoms with van der Waals surface area (Å²) in [6.45, 7) is 2.12. The third kappa shape index (κ3) is 3.54. The van der Waals surface area contributed by atoms with Crippen LogP contribution in [0.2, 0.25) is 0 Å². The number of carbonyl (C=O) groups is 2. The van der Waals surface area contributed by atoms with Crippen molar-refractivity contribution >= 4 is 11.9 Å². The summed E-state index contributed by atoms with van der Waals surface area (Å²) in [4.78, 5) is 27.0. The molecular formula is C21H20FN3O2. The average molecular weight is 365 g/mol. The first-order valence-electron chi connectivity index (χ1n) is 8.89. The van der Waals surface area contributed by atoms with E-state index in [-0.39, 0.29) is 12.5 Å².